The van der Waals surface area contributed by atoms with Crippen molar-refractivity contribution in [3.8, 4) is 0 Å². The average Bonchev–Trinajstić information content (AvgIpc) is 2.96. The highest BCUT2D eigenvalue weighted by Crippen LogP contribution is 2.24. The summed E-state index contributed by atoms with van der Waals surface area (Å²) in [6.45, 7) is 7.81. The molecule has 3 aromatic rings. The molecule has 2 N–H and O–H groups in total. The van der Waals surface area contributed by atoms with E-state index in [1.807, 2.05) is 26.8 Å². The fraction of sp³-hybridized carbons (Fsp3) is 0.429. The molecular formula is C14H18N6O. The van der Waals surface area contributed by atoms with Gasteiger partial charge in [0.05, 0.1) is 11.4 Å². The summed E-state index contributed by atoms with van der Waals surface area (Å²) in [5, 5.41) is 15.4. The van der Waals surface area contributed by atoms with E-state index in [0.29, 0.717) is 11.5 Å². The maximum absolute atomic E-state index is 5.21. The molecule has 3 aromatic heterocycles. The number of nitrogens with one attached hydrogen (secondary N) is 2. The van der Waals surface area contributed by atoms with Gasteiger partial charge in [0, 0.05) is 18.2 Å². The molecule has 21 heavy (non-hydrogen) atoms. The number of aryl methyl sites for hydroxylation is 3. The van der Waals surface area contributed by atoms with E-state index in [9.17, 15) is 0 Å². The van der Waals surface area contributed by atoms with Crippen LogP contribution in [0.25, 0.3) is 11.1 Å². The molecule has 7 heteroatoms. The Morgan fingerprint density at radius 2 is 2.10 bits per heavy atom. The number of aromatic amines is 1. The molecule has 0 aromatic carbocycles. The smallest absolute Gasteiger partial charge is 0.263 e. The highest BCUT2D eigenvalue weighted by molar-refractivity contribution is 5.87. The van der Waals surface area contributed by atoms with Crippen molar-refractivity contribution in [3.05, 3.63) is 29.0 Å². The van der Waals surface area contributed by atoms with Gasteiger partial charge >= 0.3 is 0 Å². The molecular weight excluding hydrogens is 268 g/mol. The summed E-state index contributed by atoms with van der Waals surface area (Å²) in [5.74, 6) is 1.42. The Bertz CT molecular complexity index is 775. The second-order valence-electron chi connectivity index (χ2n) is 5.36. The zero-order chi connectivity index (χ0) is 15.0. The Labute approximate surface area is 122 Å². The van der Waals surface area contributed by atoms with Crippen LogP contribution in [0.15, 0.2) is 10.6 Å². The molecule has 3 heterocycles. The number of nitrogens with zero attached hydrogens (tertiary/aromatic N) is 4. The number of rotatable bonds is 4. The molecule has 0 saturated heterocycles. The summed E-state index contributed by atoms with van der Waals surface area (Å²) in [4.78, 5) is 8.72. The minimum Gasteiger partial charge on any atom is -0.366 e. The SMILES string of the molecule is Cc1nc(NC(C)Cc2cc(C)[nH]n2)c2c(C)noc2n1. The first kappa shape index (κ1) is 13.5. The molecule has 3 rings (SSSR count). The van der Waals surface area contributed by atoms with Gasteiger partial charge in [0.2, 0.25) is 0 Å². The highest BCUT2D eigenvalue weighted by atomic mass is 16.5. The minimum atomic E-state index is 0.180. The molecule has 110 valence electrons. The van der Waals surface area contributed by atoms with Crippen LogP contribution in [0.5, 0.6) is 0 Å². The third-order valence-electron chi connectivity index (χ3n) is 3.28. The lowest BCUT2D eigenvalue weighted by molar-refractivity contribution is 0.442. The molecule has 7 nitrogen and oxygen atoms in total. The zero-order valence-corrected chi connectivity index (χ0v) is 12.6. The maximum Gasteiger partial charge on any atom is 0.263 e. The van der Waals surface area contributed by atoms with Crippen molar-refractivity contribution in [1.29, 1.82) is 0 Å². The largest absolute Gasteiger partial charge is 0.366 e. The molecule has 0 bridgehead atoms. The number of hydrogen-bond donors (Lipinski definition) is 2. The molecule has 0 fully saturated rings. The number of hydrogen-bond acceptors (Lipinski definition) is 6. The van der Waals surface area contributed by atoms with E-state index in [2.05, 4.69) is 37.6 Å². The van der Waals surface area contributed by atoms with Gasteiger partial charge in [-0.1, -0.05) is 5.16 Å². The summed E-state index contributed by atoms with van der Waals surface area (Å²) in [7, 11) is 0. The van der Waals surface area contributed by atoms with Crippen LogP contribution in [-0.2, 0) is 6.42 Å². The number of H-pyrrole nitrogens is 1. The van der Waals surface area contributed by atoms with E-state index in [4.69, 9.17) is 4.52 Å². The van der Waals surface area contributed by atoms with Gasteiger partial charge in [0.1, 0.15) is 17.0 Å². The Hall–Kier alpha value is -2.44. The average molecular weight is 286 g/mol. The van der Waals surface area contributed by atoms with Crippen LogP contribution < -0.4 is 5.32 Å². The fourth-order valence-electron chi connectivity index (χ4n) is 2.38. The standard InChI is InChI=1S/C14H18N6O/c1-7(5-11-6-8(2)18-19-11)15-13-12-9(3)20-21-14(12)17-10(4)16-13/h6-7H,5H2,1-4H3,(H,18,19)(H,15,16,17). The quantitative estimate of drug-likeness (QED) is 0.764. The predicted octanol–water partition coefficient (Wildman–Crippen LogP) is 2.31. The van der Waals surface area contributed by atoms with Crippen molar-refractivity contribution in [2.24, 2.45) is 0 Å². The monoisotopic (exact) mass is 286 g/mol. The van der Waals surface area contributed by atoms with Gasteiger partial charge in [-0.3, -0.25) is 5.10 Å². The lowest BCUT2D eigenvalue weighted by Gasteiger charge is -2.14. The Morgan fingerprint density at radius 1 is 1.29 bits per heavy atom. The van der Waals surface area contributed by atoms with Gasteiger partial charge in [-0.15, -0.1) is 0 Å². The van der Waals surface area contributed by atoms with E-state index in [-0.39, 0.29) is 6.04 Å². The van der Waals surface area contributed by atoms with Gasteiger partial charge in [-0.2, -0.15) is 10.1 Å². The van der Waals surface area contributed by atoms with Crippen LogP contribution >= 0.6 is 0 Å². The Balaban J connectivity index is 1.85. The van der Waals surface area contributed by atoms with E-state index in [1.54, 1.807) is 0 Å². The molecule has 1 unspecified atom stereocenters. The second-order valence-corrected chi connectivity index (χ2v) is 5.36. The predicted molar refractivity (Wildman–Crippen MR) is 79.2 cm³/mol. The van der Waals surface area contributed by atoms with Crippen molar-refractivity contribution in [1.82, 2.24) is 25.3 Å². The maximum atomic E-state index is 5.21. The fourth-order valence-corrected chi connectivity index (χ4v) is 2.38. The van der Waals surface area contributed by atoms with Crippen LogP contribution in [0, 0.1) is 20.8 Å². The molecule has 0 saturated carbocycles. The van der Waals surface area contributed by atoms with Gasteiger partial charge in [0.25, 0.3) is 5.71 Å². The molecule has 0 radical (unpaired) electrons. The Kier molecular flexibility index (Phi) is 3.32. The van der Waals surface area contributed by atoms with Gasteiger partial charge in [0.15, 0.2) is 0 Å². The lowest BCUT2D eigenvalue weighted by Crippen LogP contribution is -2.19. The normalized spacial score (nSPS) is 12.8. The van der Waals surface area contributed by atoms with Crippen LogP contribution in [0.1, 0.15) is 29.8 Å². The van der Waals surface area contributed by atoms with Crippen LogP contribution in [0.3, 0.4) is 0 Å². The first-order chi connectivity index (χ1) is 10.0. The number of anilines is 1. The summed E-state index contributed by atoms with van der Waals surface area (Å²) < 4.78 is 5.21. The second kappa shape index (κ2) is 5.16. The van der Waals surface area contributed by atoms with E-state index in [1.165, 1.54) is 0 Å². The van der Waals surface area contributed by atoms with Crippen molar-refractivity contribution < 1.29 is 4.52 Å². The number of fused-ring (bicyclic) bond motifs is 1. The molecule has 0 spiro atoms. The minimum absolute atomic E-state index is 0.180. The van der Waals surface area contributed by atoms with Crippen LogP contribution in [0.4, 0.5) is 5.82 Å². The third-order valence-corrected chi connectivity index (χ3v) is 3.28. The van der Waals surface area contributed by atoms with E-state index >= 15 is 0 Å². The number of aromatic nitrogens is 5. The summed E-state index contributed by atoms with van der Waals surface area (Å²) in [5.41, 5.74) is 3.39. The van der Waals surface area contributed by atoms with Crippen molar-refractivity contribution >= 4 is 16.9 Å². The van der Waals surface area contributed by atoms with Gasteiger partial charge in [-0.25, -0.2) is 4.98 Å². The third kappa shape index (κ3) is 2.72. The lowest BCUT2D eigenvalue weighted by atomic mass is 10.1. The van der Waals surface area contributed by atoms with Gasteiger partial charge < -0.3 is 9.84 Å². The van der Waals surface area contributed by atoms with Crippen molar-refractivity contribution in [2.45, 2.75) is 40.2 Å². The summed E-state index contributed by atoms with van der Waals surface area (Å²) in [6.07, 6.45) is 0.805. The molecule has 0 aliphatic carbocycles. The van der Waals surface area contributed by atoms with Crippen LogP contribution in [-0.4, -0.2) is 31.4 Å². The molecule has 0 aliphatic rings. The molecule has 0 aliphatic heterocycles. The first-order valence-corrected chi connectivity index (χ1v) is 6.91. The Morgan fingerprint density at radius 3 is 2.81 bits per heavy atom. The molecule has 0 amide bonds. The van der Waals surface area contributed by atoms with Crippen molar-refractivity contribution in [3.63, 3.8) is 0 Å². The summed E-state index contributed by atoms with van der Waals surface area (Å²) in [6, 6.07) is 2.23. The van der Waals surface area contributed by atoms with E-state index in [0.717, 1.165) is 34.7 Å². The zero-order valence-electron chi connectivity index (χ0n) is 12.6. The summed E-state index contributed by atoms with van der Waals surface area (Å²) >= 11 is 0. The topological polar surface area (TPSA) is 92.5 Å². The van der Waals surface area contributed by atoms with Crippen molar-refractivity contribution in [2.75, 3.05) is 5.32 Å². The van der Waals surface area contributed by atoms with Gasteiger partial charge in [-0.05, 0) is 33.8 Å². The van der Waals surface area contributed by atoms with E-state index < -0.39 is 0 Å². The highest BCUT2D eigenvalue weighted by Gasteiger charge is 2.16. The molecule has 1 atom stereocenters. The van der Waals surface area contributed by atoms with Crippen LogP contribution in [0.2, 0.25) is 0 Å². The first-order valence-electron chi connectivity index (χ1n) is 6.91.